The van der Waals surface area contributed by atoms with Crippen LogP contribution in [0.1, 0.15) is 39.5 Å². The molecule has 1 aliphatic heterocycles. The lowest BCUT2D eigenvalue weighted by Gasteiger charge is -2.33. The van der Waals surface area contributed by atoms with E-state index < -0.39 is 12.0 Å². The molecule has 1 saturated heterocycles. The Labute approximate surface area is 179 Å². The first-order chi connectivity index (χ1) is 13.3. The highest BCUT2D eigenvalue weighted by Crippen LogP contribution is 2.20. The Balaban J connectivity index is 2.71. The molecule has 0 bridgehead atoms. The number of thioether (sulfide) groups is 1. The molecular weight excluding hydrogens is 396 g/mol. The van der Waals surface area contributed by atoms with Gasteiger partial charge in [0.25, 0.3) is 0 Å². The van der Waals surface area contributed by atoms with Crippen molar-refractivity contribution in [3.05, 3.63) is 0 Å². The summed E-state index contributed by atoms with van der Waals surface area (Å²) in [5.74, 6) is 0.649. The Hall–Kier alpha value is -0.480. The van der Waals surface area contributed by atoms with Gasteiger partial charge in [0.15, 0.2) is 0 Å². The van der Waals surface area contributed by atoms with Gasteiger partial charge in [0, 0.05) is 30.9 Å². The molecule has 1 amide bonds. The Morgan fingerprint density at radius 1 is 1.43 bits per heavy atom. The summed E-state index contributed by atoms with van der Waals surface area (Å²) in [7, 11) is 0. The summed E-state index contributed by atoms with van der Waals surface area (Å²) < 4.78 is 0. The fraction of sp³-hybridized carbons (Fsp3) is 0.895. The van der Waals surface area contributed by atoms with Crippen LogP contribution in [0.25, 0.3) is 0 Å². The van der Waals surface area contributed by atoms with Gasteiger partial charge in [-0.15, -0.1) is 0 Å². The molecule has 0 radical (unpaired) electrons. The first kappa shape index (κ1) is 25.6. The van der Waals surface area contributed by atoms with Gasteiger partial charge >= 0.3 is 5.97 Å². The van der Waals surface area contributed by atoms with Crippen molar-refractivity contribution in [1.82, 2.24) is 15.5 Å². The van der Waals surface area contributed by atoms with Crippen molar-refractivity contribution in [2.45, 2.75) is 63.7 Å². The van der Waals surface area contributed by atoms with E-state index >= 15 is 0 Å². The number of nitrogens with one attached hydrogen (secondary N) is 2. The van der Waals surface area contributed by atoms with Crippen LogP contribution in [0.2, 0.25) is 0 Å². The maximum absolute atomic E-state index is 12.8. The van der Waals surface area contributed by atoms with E-state index in [0.717, 1.165) is 32.4 Å². The smallest absolute Gasteiger partial charge is 0.326 e. The second-order valence-electron chi connectivity index (χ2n) is 7.68. The summed E-state index contributed by atoms with van der Waals surface area (Å²) >= 11 is 5.83. The lowest BCUT2D eigenvalue weighted by Crippen LogP contribution is -2.54. The lowest BCUT2D eigenvalue weighted by molar-refractivity contribution is -0.142. The number of hydrogen-bond donors (Lipinski definition) is 5. The second kappa shape index (κ2) is 13.7. The Morgan fingerprint density at radius 3 is 2.71 bits per heavy atom. The maximum atomic E-state index is 12.8. The van der Waals surface area contributed by atoms with Crippen LogP contribution in [0.3, 0.4) is 0 Å². The molecule has 0 aliphatic carbocycles. The van der Waals surface area contributed by atoms with E-state index in [0.29, 0.717) is 30.4 Å². The zero-order valence-corrected chi connectivity index (χ0v) is 19.1. The van der Waals surface area contributed by atoms with Gasteiger partial charge in [-0.3, -0.25) is 9.69 Å². The third-order valence-corrected chi connectivity index (χ3v) is 6.64. The molecule has 0 saturated carbocycles. The van der Waals surface area contributed by atoms with Crippen molar-refractivity contribution in [2.75, 3.05) is 37.4 Å². The number of aliphatic carboxylic acids is 1. The monoisotopic (exact) mass is 434 g/mol. The standard InChI is InChI=1S/C19H38N4O3S2/c1-4-13(2)16(21-10-14(20)12-27)11-23-8-5-6-17(23)18(24)22-15(19(25)26)7-9-28-3/h13-17,21,27H,4-12,20H2,1-3H3,(H,22,24)(H,25,26)/t13?,14-,15?,16?,17?/m0/s1. The Morgan fingerprint density at radius 2 is 2.14 bits per heavy atom. The van der Waals surface area contributed by atoms with Gasteiger partial charge in [-0.25, -0.2) is 4.79 Å². The number of nitrogens with zero attached hydrogens (tertiary/aromatic N) is 1. The number of carbonyl (C=O) groups is 2. The van der Waals surface area contributed by atoms with Gasteiger partial charge in [-0.05, 0) is 43.7 Å². The maximum Gasteiger partial charge on any atom is 0.326 e. The zero-order valence-electron chi connectivity index (χ0n) is 17.4. The first-order valence-electron chi connectivity index (χ1n) is 10.2. The fourth-order valence-electron chi connectivity index (χ4n) is 3.45. The molecule has 1 aliphatic rings. The Kier molecular flexibility index (Phi) is 12.5. The minimum atomic E-state index is -0.966. The average molecular weight is 435 g/mol. The zero-order chi connectivity index (χ0) is 21.1. The lowest BCUT2D eigenvalue weighted by atomic mass is 9.98. The highest BCUT2D eigenvalue weighted by Gasteiger charge is 2.34. The van der Waals surface area contributed by atoms with Crippen molar-refractivity contribution in [3.63, 3.8) is 0 Å². The quantitative estimate of drug-likeness (QED) is 0.260. The summed E-state index contributed by atoms with van der Waals surface area (Å²) in [4.78, 5) is 26.4. The van der Waals surface area contributed by atoms with Crippen LogP contribution in [0, 0.1) is 5.92 Å². The van der Waals surface area contributed by atoms with Crippen molar-refractivity contribution < 1.29 is 14.7 Å². The number of carboxylic acid groups (broad SMARTS) is 1. The largest absolute Gasteiger partial charge is 0.480 e. The predicted octanol–water partition coefficient (Wildman–Crippen LogP) is 1.03. The third-order valence-electron chi connectivity index (χ3n) is 5.53. The minimum Gasteiger partial charge on any atom is -0.480 e. The van der Waals surface area contributed by atoms with Gasteiger partial charge in [0.05, 0.1) is 6.04 Å². The Bertz CT molecular complexity index is 484. The molecule has 0 aromatic carbocycles. The molecule has 1 rings (SSSR count). The molecule has 0 aromatic heterocycles. The summed E-state index contributed by atoms with van der Waals surface area (Å²) in [5.41, 5.74) is 6.00. The van der Waals surface area contributed by atoms with Gasteiger partial charge < -0.3 is 21.5 Å². The van der Waals surface area contributed by atoms with Gasteiger partial charge in [-0.2, -0.15) is 24.4 Å². The van der Waals surface area contributed by atoms with Gasteiger partial charge in [0.2, 0.25) is 5.91 Å². The summed E-state index contributed by atoms with van der Waals surface area (Å²) in [6, 6.07) is -0.848. The van der Waals surface area contributed by atoms with E-state index in [4.69, 9.17) is 5.73 Å². The summed E-state index contributed by atoms with van der Waals surface area (Å²) in [6.45, 7) is 6.68. The topological polar surface area (TPSA) is 108 Å². The van der Waals surface area contributed by atoms with Crippen LogP contribution in [-0.4, -0.2) is 83.4 Å². The van der Waals surface area contributed by atoms with Gasteiger partial charge in [0.1, 0.15) is 6.04 Å². The average Bonchev–Trinajstić information content (AvgIpc) is 3.15. The minimum absolute atomic E-state index is 0.000299. The van der Waals surface area contributed by atoms with E-state index in [2.05, 4.69) is 42.0 Å². The molecule has 28 heavy (non-hydrogen) atoms. The first-order valence-corrected chi connectivity index (χ1v) is 12.2. The summed E-state index contributed by atoms with van der Waals surface area (Å²) in [5, 5.41) is 15.7. The number of carboxylic acids is 1. The summed E-state index contributed by atoms with van der Waals surface area (Å²) in [6.07, 6.45) is 5.12. The predicted molar refractivity (Wildman–Crippen MR) is 120 cm³/mol. The van der Waals surface area contributed by atoms with Crippen molar-refractivity contribution in [3.8, 4) is 0 Å². The van der Waals surface area contributed by atoms with Crippen LogP contribution in [-0.2, 0) is 9.59 Å². The third kappa shape index (κ3) is 8.49. The molecule has 5 atom stereocenters. The van der Waals surface area contributed by atoms with Crippen molar-refractivity contribution in [2.24, 2.45) is 11.7 Å². The molecule has 9 heteroatoms. The van der Waals surface area contributed by atoms with E-state index in [9.17, 15) is 14.7 Å². The molecule has 0 aromatic rings. The van der Waals surface area contributed by atoms with Crippen LogP contribution < -0.4 is 16.4 Å². The number of rotatable bonds is 14. The number of amides is 1. The fourth-order valence-corrected chi connectivity index (χ4v) is 4.05. The number of carbonyl (C=O) groups excluding carboxylic acids is 1. The molecule has 7 nitrogen and oxygen atoms in total. The van der Waals surface area contributed by atoms with E-state index in [-0.39, 0.29) is 24.0 Å². The molecule has 1 fully saturated rings. The number of likely N-dealkylation sites (tertiary alicyclic amines) is 1. The molecule has 4 unspecified atom stereocenters. The van der Waals surface area contributed by atoms with Gasteiger partial charge in [-0.1, -0.05) is 20.3 Å². The molecule has 164 valence electrons. The SMILES string of the molecule is CCC(C)C(CN1CCCC1C(=O)NC(CCSC)C(=O)O)NC[C@H](N)CS. The second-order valence-corrected chi connectivity index (χ2v) is 9.03. The molecule has 5 N–H and O–H groups in total. The molecular formula is C19H38N4O3S2. The normalized spacial score (nSPS) is 21.8. The van der Waals surface area contributed by atoms with E-state index in [1.165, 1.54) is 0 Å². The van der Waals surface area contributed by atoms with Crippen LogP contribution in [0.4, 0.5) is 0 Å². The van der Waals surface area contributed by atoms with Crippen LogP contribution >= 0.6 is 24.4 Å². The number of nitrogens with two attached hydrogens (primary N) is 1. The van der Waals surface area contributed by atoms with E-state index in [1.54, 1.807) is 11.8 Å². The number of hydrogen-bond acceptors (Lipinski definition) is 7. The van der Waals surface area contributed by atoms with Crippen LogP contribution in [0.15, 0.2) is 0 Å². The highest BCUT2D eigenvalue weighted by molar-refractivity contribution is 7.98. The highest BCUT2D eigenvalue weighted by atomic mass is 32.2. The molecule has 1 heterocycles. The van der Waals surface area contributed by atoms with Crippen molar-refractivity contribution in [1.29, 1.82) is 0 Å². The molecule has 0 spiro atoms. The van der Waals surface area contributed by atoms with E-state index in [1.807, 2.05) is 6.26 Å². The van der Waals surface area contributed by atoms with Crippen LogP contribution in [0.5, 0.6) is 0 Å². The van der Waals surface area contributed by atoms with Crippen molar-refractivity contribution >= 4 is 36.3 Å². The number of thiol groups is 1.